The van der Waals surface area contributed by atoms with Gasteiger partial charge in [0.1, 0.15) is 12.4 Å². The molecule has 1 aromatic heterocycles. The quantitative estimate of drug-likeness (QED) is 0.460. The van der Waals surface area contributed by atoms with Crippen molar-refractivity contribution in [3.05, 3.63) is 30.1 Å². The molecule has 0 spiro atoms. The smallest absolute Gasteiger partial charge is 0.189 e. The number of fused-ring (bicyclic) bond motifs is 1. The van der Waals surface area contributed by atoms with E-state index >= 15 is 0 Å². The Hall–Kier alpha value is -1.31. The van der Waals surface area contributed by atoms with E-state index in [1.54, 1.807) is 0 Å². The molecule has 21 heavy (non-hydrogen) atoms. The number of imidazole rings is 1. The van der Waals surface area contributed by atoms with Crippen molar-refractivity contribution in [2.45, 2.75) is 26.8 Å². The Labute approximate surface area is 143 Å². The zero-order valence-corrected chi connectivity index (χ0v) is 15.2. The molecule has 0 atom stereocenters. The molecule has 1 aromatic carbocycles. The summed E-state index contributed by atoms with van der Waals surface area (Å²) in [5.41, 5.74) is 7.96. The molecular formula is C15H24IN5. The molecule has 0 aliphatic carbocycles. The van der Waals surface area contributed by atoms with Gasteiger partial charge in [-0.15, -0.1) is 24.0 Å². The highest BCUT2D eigenvalue weighted by molar-refractivity contribution is 14.0. The number of benzene rings is 1. The van der Waals surface area contributed by atoms with Gasteiger partial charge in [-0.05, 0) is 24.5 Å². The van der Waals surface area contributed by atoms with Crippen molar-refractivity contribution >= 4 is 41.0 Å². The number of rotatable bonds is 5. The summed E-state index contributed by atoms with van der Waals surface area (Å²) in [4.78, 5) is 8.91. The molecule has 0 amide bonds. The Morgan fingerprint density at radius 2 is 2.10 bits per heavy atom. The molecule has 0 unspecified atom stereocenters. The topological polar surface area (TPSA) is 68.2 Å². The van der Waals surface area contributed by atoms with Gasteiger partial charge in [0.25, 0.3) is 0 Å². The van der Waals surface area contributed by atoms with Crippen LogP contribution in [0.3, 0.4) is 0 Å². The molecule has 0 radical (unpaired) electrons. The lowest BCUT2D eigenvalue weighted by molar-refractivity contribution is 0.576. The van der Waals surface area contributed by atoms with Gasteiger partial charge in [0.2, 0.25) is 0 Å². The summed E-state index contributed by atoms with van der Waals surface area (Å²) in [7, 11) is 2.00. The zero-order valence-electron chi connectivity index (χ0n) is 12.8. The number of hydrogen-bond acceptors (Lipinski definition) is 2. The summed E-state index contributed by atoms with van der Waals surface area (Å²) in [6.07, 6.45) is 1.09. The van der Waals surface area contributed by atoms with E-state index in [1.165, 1.54) is 0 Å². The SMILES string of the molecule is CC(C)CCNC(N)=NCc1nc2ccccc2n1C.I. The first-order chi connectivity index (χ1) is 9.58. The summed E-state index contributed by atoms with van der Waals surface area (Å²) in [6, 6.07) is 8.07. The van der Waals surface area contributed by atoms with Gasteiger partial charge in [0.15, 0.2) is 5.96 Å². The minimum Gasteiger partial charge on any atom is -0.370 e. The normalized spacial score (nSPS) is 11.7. The number of aromatic nitrogens is 2. The Morgan fingerprint density at radius 1 is 1.38 bits per heavy atom. The average molecular weight is 401 g/mol. The summed E-state index contributed by atoms with van der Waals surface area (Å²) < 4.78 is 2.06. The Morgan fingerprint density at radius 3 is 2.76 bits per heavy atom. The van der Waals surface area contributed by atoms with E-state index < -0.39 is 0 Å². The average Bonchev–Trinajstić information content (AvgIpc) is 2.73. The molecule has 0 bridgehead atoms. The summed E-state index contributed by atoms with van der Waals surface area (Å²) in [5, 5.41) is 3.13. The predicted molar refractivity (Wildman–Crippen MR) is 98.9 cm³/mol. The van der Waals surface area contributed by atoms with Crippen molar-refractivity contribution in [1.82, 2.24) is 14.9 Å². The molecule has 5 nitrogen and oxygen atoms in total. The van der Waals surface area contributed by atoms with Crippen LogP contribution in [0, 0.1) is 5.92 Å². The summed E-state index contributed by atoms with van der Waals surface area (Å²) in [5.74, 6) is 2.06. The van der Waals surface area contributed by atoms with Crippen LogP contribution in [0.15, 0.2) is 29.3 Å². The van der Waals surface area contributed by atoms with Gasteiger partial charge >= 0.3 is 0 Å². The Kier molecular flexibility index (Phi) is 6.94. The second-order valence-corrected chi connectivity index (χ2v) is 5.39. The van der Waals surface area contributed by atoms with Crippen LogP contribution < -0.4 is 11.1 Å². The fourth-order valence-corrected chi connectivity index (χ4v) is 2.04. The Bertz CT molecular complexity index is 603. The zero-order chi connectivity index (χ0) is 14.5. The van der Waals surface area contributed by atoms with Gasteiger partial charge in [0, 0.05) is 13.6 Å². The van der Waals surface area contributed by atoms with Crippen LogP contribution in [0.2, 0.25) is 0 Å². The van der Waals surface area contributed by atoms with Gasteiger partial charge in [-0.2, -0.15) is 0 Å². The number of halogens is 1. The second kappa shape index (κ2) is 8.21. The third kappa shape index (κ3) is 4.87. The van der Waals surface area contributed by atoms with E-state index in [4.69, 9.17) is 5.73 Å². The second-order valence-electron chi connectivity index (χ2n) is 5.39. The van der Waals surface area contributed by atoms with Gasteiger partial charge in [0.05, 0.1) is 11.0 Å². The van der Waals surface area contributed by atoms with Crippen LogP contribution >= 0.6 is 24.0 Å². The number of nitrogens with two attached hydrogens (primary N) is 1. The van der Waals surface area contributed by atoms with E-state index in [2.05, 4.69) is 39.8 Å². The molecule has 0 fully saturated rings. The van der Waals surface area contributed by atoms with Crippen LogP contribution in [-0.2, 0) is 13.6 Å². The molecule has 116 valence electrons. The minimum atomic E-state index is 0. The maximum Gasteiger partial charge on any atom is 0.189 e. The van der Waals surface area contributed by atoms with Crippen molar-refractivity contribution in [3.8, 4) is 0 Å². The molecule has 0 saturated carbocycles. The van der Waals surface area contributed by atoms with E-state index in [0.29, 0.717) is 18.4 Å². The van der Waals surface area contributed by atoms with E-state index in [9.17, 15) is 0 Å². The van der Waals surface area contributed by atoms with Crippen molar-refractivity contribution in [3.63, 3.8) is 0 Å². The first kappa shape index (κ1) is 17.7. The molecular weight excluding hydrogens is 377 g/mol. The van der Waals surface area contributed by atoms with Crippen molar-refractivity contribution in [2.75, 3.05) is 6.54 Å². The molecule has 2 aromatic rings. The summed E-state index contributed by atoms with van der Waals surface area (Å²) >= 11 is 0. The maximum atomic E-state index is 5.85. The largest absolute Gasteiger partial charge is 0.370 e. The highest BCUT2D eigenvalue weighted by Crippen LogP contribution is 2.14. The molecule has 2 rings (SSSR count). The molecule has 3 N–H and O–H groups in total. The van der Waals surface area contributed by atoms with Crippen LogP contribution in [0.5, 0.6) is 0 Å². The first-order valence-corrected chi connectivity index (χ1v) is 7.02. The number of guanidine groups is 1. The standard InChI is InChI=1S/C15H23N5.HI/c1-11(2)8-9-17-15(16)18-10-14-19-12-6-4-5-7-13(12)20(14)3;/h4-7,11H,8-10H2,1-3H3,(H3,16,17,18);1H. The molecule has 0 aliphatic rings. The maximum absolute atomic E-state index is 5.85. The number of hydrogen-bond donors (Lipinski definition) is 2. The molecule has 6 heteroatoms. The third-order valence-corrected chi connectivity index (χ3v) is 3.30. The van der Waals surface area contributed by atoms with Crippen LogP contribution in [-0.4, -0.2) is 22.1 Å². The number of aliphatic imine (C=N–C) groups is 1. The monoisotopic (exact) mass is 401 g/mol. The van der Waals surface area contributed by atoms with Crippen LogP contribution in [0.4, 0.5) is 0 Å². The van der Waals surface area contributed by atoms with Gasteiger partial charge in [-0.3, -0.25) is 0 Å². The predicted octanol–water partition coefficient (Wildman–Crippen LogP) is 2.64. The number of para-hydroxylation sites is 2. The van der Waals surface area contributed by atoms with Crippen molar-refractivity contribution < 1.29 is 0 Å². The molecule has 0 aliphatic heterocycles. The first-order valence-electron chi connectivity index (χ1n) is 7.02. The van der Waals surface area contributed by atoms with E-state index in [0.717, 1.165) is 29.8 Å². The third-order valence-electron chi connectivity index (χ3n) is 3.30. The fraction of sp³-hybridized carbons (Fsp3) is 0.467. The number of nitrogens with one attached hydrogen (secondary N) is 1. The van der Waals surface area contributed by atoms with Gasteiger partial charge in [-0.1, -0.05) is 26.0 Å². The van der Waals surface area contributed by atoms with Gasteiger partial charge in [-0.25, -0.2) is 9.98 Å². The van der Waals surface area contributed by atoms with Crippen molar-refractivity contribution in [1.29, 1.82) is 0 Å². The van der Waals surface area contributed by atoms with Crippen LogP contribution in [0.1, 0.15) is 26.1 Å². The summed E-state index contributed by atoms with van der Waals surface area (Å²) in [6.45, 7) is 5.73. The highest BCUT2D eigenvalue weighted by atomic mass is 127. The number of aryl methyl sites for hydroxylation is 1. The lowest BCUT2D eigenvalue weighted by atomic mass is 10.1. The lowest BCUT2D eigenvalue weighted by Crippen LogP contribution is -2.33. The van der Waals surface area contributed by atoms with Crippen LogP contribution in [0.25, 0.3) is 11.0 Å². The lowest BCUT2D eigenvalue weighted by Gasteiger charge is -2.07. The van der Waals surface area contributed by atoms with Crippen molar-refractivity contribution in [2.24, 2.45) is 23.7 Å². The molecule has 0 saturated heterocycles. The number of nitrogens with zero attached hydrogens (tertiary/aromatic N) is 3. The highest BCUT2D eigenvalue weighted by Gasteiger charge is 2.06. The van der Waals surface area contributed by atoms with E-state index in [-0.39, 0.29) is 24.0 Å². The molecule has 1 heterocycles. The van der Waals surface area contributed by atoms with E-state index in [1.807, 2.05) is 25.2 Å². The Balaban J connectivity index is 0.00000220. The minimum absolute atomic E-state index is 0. The fourth-order valence-electron chi connectivity index (χ4n) is 2.04. The van der Waals surface area contributed by atoms with Gasteiger partial charge < -0.3 is 15.6 Å².